The standard InChI is InChI=1S/C39H48N4O6/c1-8-10-18-41(19-11-9-2)39(45)32-24-36(48-6)43(40-32)33-17-16-28(30-22-34(46-4)37(49-7)35(23-30)47-5)21-31(33)38(44)42-25-29-15-13-12-14-27(29)20-26(42)3/h12-17,21-24,26H,8-11,18-20,25H2,1-7H3. The van der Waals surface area contributed by atoms with Crippen molar-refractivity contribution in [2.24, 2.45) is 0 Å². The van der Waals surface area contributed by atoms with Gasteiger partial charge in [0.25, 0.3) is 11.8 Å². The van der Waals surface area contributed by atoms with E-state index in [-0.39, 0.29) is 23.6 Å². The molecule has 1 aliphatic rings. The number of amides is 2. The summed E-state index contributed by atoms with van der Waals surface area (Å²) in [6.07, 6.45) is 4.53. The predicted octanol–water partition coefficient (Wildman–Crippen LogP) is 7.20. The lowest BCUT2D eigenvalue weighted by Gasteiger charge is -2.35. The van der Waals surface area contributed by atoms with Crippen LogP contribution in [0.25, 0.3) is 16.8 Å². The van der Waals surface area contributed by atoms with Gasteiger partial charge in [-0.3, -0.25) is 9.59 Å². The molecule has 10 heteroatoms. The zero-order chi connectivity index (χ0) is 35.1. The van der Waals surface area contributed by atoms with E-state index in [9.17, 15) is 9.59 Å². The predicted molar refractivity (Wildman–Crippen MR) is 190 cm³/mol. The molecule has 10 nitrogen and oxygen atoms in total. The van der Waals surface area contributed by atoms with Gasteiger partial charge in [-0.05, 0) is 72.7 Å². The van der Waals surface area contributed by atoms with Crippen LogP contribution in [0.15, 0.2) is 60.7 Å². The Morgan fingerprint density at radius 2 is 1.47 bits per heavy atom. The molecule has 0 aliphatic carbocycles. The zero-order valence-electron chi connectivity index (χ0n) is 29.7. The summed E-state index contributed by atoms with van der Waals surface area (Å²) in [5, 5.41) is 4.78. The summed E-state index contributed by atoms with van der Waals surface area (Å²) in [5.41, 5.74) is 5.13. The van der Waals surface area contributed by atoms with Gasteiger partial charge in [0.15, 0.2) is 17.2 Å². The quantitative estimate of drug-likeness (QED) is 0.140. The van der Waals surface area contributed by atoms with Crippen LogP contribution in [0.1, 0.15) is 78.4 Å². The lowest BCUT2D eigenvalue weighted by Crippen LogP contribution is -2.43. The van der Waals surface area contributed by atoms with Gasteiger partial charge < -0.3 is 28.7 Å². The highest BCUT2D eigenvalue weighted by molar-refractivity contribution is 6.00. The smallest absolute Gasteiger partial charge is 0.274 e. The highest BCUT2D eigenvalue weighted by Crippen LogP contribution is 2.42. The minimum atomic E-state index is -0.151. The number of rotatable bonds is 14. The molecule has 0 bridgehead atoms. The van der Waals surface area contributed by atoms with Gasteiger partial charge in [0, 0.05) is 31.7 Å². The van der Waals surface area contributed by atoms with Crippen molar-refractivity contribution in [3.8, 4) is 39.9 Å². The minimum absolute atomic E-state index is 0.0394. The van der Waals surface area contributed by atoms with E-state index in [0.29, 0.717) is 54.0 Å². The van der Waals surface area contributed by atoms with Crippen molar-refractivity contribution in [3.05, 3.63) is 83.0 Å². The van der Waals surface area contributed by atoms with Gasteiger partial charge in [-0.25, -0.2) is 0 Å². The molecule has 0 saturated heterocycles. The third kappa shape index (κ3) is 7.38. The number of hydrogen-bond acceptors (Lipinski definition) is 7. The van der Waals surface area contributed by atoms with Crippen molar-refractivity contribution < 1.29 is 28.5 Å². The Hall–Kier alpha value is -4.99. The van der Waals surface area contributed by atoms with Crippen LogP contribution in [0.3, 0.4) is 0 Å². The summed E-state index contributed by atoms with van der Waals surface area (Å²) in [6.45, 7) is 8.10. The highest BCUT2D eigenvalue weighted by Gasteiger charge is 2.31. The Bertz CT molecular complexity index is 1750. The Labute approximate surface area is 289 Å². The first-order valence-electron chi connectivity index (χ1n) is 17.0. The fourth-order valence-electron chi connectivity index (χ4n) is 6.39. The highest BCUT2D eigenvalue weighted by atomic mass is 16.5. The molecule has 260 valence electrons. The van der Waals surface area contributed by atoms with E-state index in [4.69, 9.17) is 24.0 Å². The van der Waals surface area contributed by atoms with Gasteiger partial charge in [-0.1, -0.05) is 57.0 Å². The van der Waals surface area contributed by atoms with E-state index in [1.54, 1.807) is 39.2 Å². The summed E-state index contributed by atoms with van der Waals surface area (Å²) in [7, 11) is 6.25. The molecule has 0 spiro atoms. The first-order chi connectivity index (χ1) is 23.8. The minimum Gasteiger partial charge on any atom is -0.493 e. The molecule has 3 aromatic carbocycles. The summed E-state index contributed by atoms with van der Waals surface area (Å²) in [6, 6.07) is 19.2. The maximum absolute atomic E-state index is 14.7. The number of ether oxygens (including phenoxy) is 4. The number of carbonyl (C=O) groups is 2. The molecular formula is C39H48N4O6. The average Bonchev–Trinajstić information content (AvgIpc) is 3.57. The van der Waals surface area contributed by atoms with Crippen LogP contribution < -0.4 is 18.9 Å². The second-order valence-corrected chi connectivity index (χ2v) is 12.4. The molecule has 0 fully saturated rings. The first-order valence-corrected chi connectivity index (χ1v) is 17.0. The van der Waals surface area contributed by atoms with Crippen molar-refractivity contribution in [1.29, 1.82) is 0 Å². The molecular weight excluding hydrogens is 620 g/mol. The molecule has 1 unspecified atom stereocenters. The number of nitrogens with zero attached hydrogens (tertiary/aromatic N) is 4. The Balaban J connectivity index is 1.64. The number of fused-ring (bicyclic) bond motifs is 1. The van der Waals surface area contributed by atoms with Gasteiger partial charge in [0.05, 0.1) is 39.7 Å². The number of aromatic nitrogens is 2. The molecule has 1 aromatic heterocycles. The van der Waals surface area contributed by atoms with Gasteiger partial charge in [-0.2, -0.15) is 9.78 Å². The van der Waals surface area contributed by atoms with E-state index in [2.05, 4.69) is 32.9 Å². The fourth-order valence-corrected chi connectivity index (χ4v) is 6.39. The maximum atomic E-state index is 14.7. The lowest BCUT2D eigenvalue weighted by molar-refractivity contribution is 0.0657. The molecule has 49 heavy (non-hydrogen) atoms. The van der Waals surface area contributed by atoms with Crippen LogP contribution in [0, 0.1) is 0 Å². The van der Waals surface area contributed by atoms with Crippen molar-refractivity contribution in [2.45, 2.75) is 65.5 Å². The Morgan fingerprint density at radius 1 is 0.816 bits per heavy atom. The second-order valence-electron chi connectivity index (χ2n) is 12.4. The van der Waals surface area contributed by atoms with Crippen molar-refractivity contribution in [3.63, 3.8) is 0 Å². The van der Waals surface area contributed by atoms with Crippen LogP contribution >= 0.6 is 0 Å². The summed E-state index contributed by atoms with van der Waals surface area (Å²) in [4.78, 5) is 32.3. The van der Waals surface area contributed by atoms with E-state index in [1.807, 2.05) is 52.3 Å². The number of carbonyl (C=O) groups excluding carboxylic acids is 2. The monoisotopic (exact) mass is 668 g/mol. The summed E-state index contributed by atoms with van der Waals surface area (Å²) in [5.74, 6) is 1.55. The third-order valence-corrected chi connectivity index (χ3v) is 9.18. The van der Waals surface area contributed by atoms with Crippen molar-refractivity contribution in [1.82, 2.24) is 19.6 Å². The number of methoxy groups -OCH3 is 4. The van der Waals surface area contributed by atoms with Gasteiger partial charge in [0.2, 0.25) is 11.6 Å². The maximum Gasteiger partial charge on any atom is 0.274 e. The molecule has 0 radical (unpaired) electrons. The van der Waals surface area contributed by atoms with Crippen LogP contribution in [0.5, 0.6) is 23.1 Å². The molecule has 0 saturated carbocycles. The van der Waals surface area contributed by atoms with E-state index >= 15 is 0 Å². The molecule has 1 aliphatic heterocycles. The van der Waals surface area contributed by atoms with Crippen LogP contribution in [-0.4, -0.2) is 79.0 Å². The van der Waals surface area contributed by atoms with Crippen LogP contribution in [0.2, 0.25) is 0 Å². The Kier molecular flexibility index (Phi) is 11.5. The lowest BCUT2D eigenvalue weighted by atomic mass is 9.93. The topological polar surface area (TPSA) is 95.4 Å². The van der Waals surface area contributed by atoms with Crippen LogP contribution in [-0.2, 0) is 13.0 Å². The van der Waals surface area contributed by atoms with Gasteiger partial charge in [0.1, 0.15) is 0 Å². The normalized spacial score (nSPS) is 13.9. The van der Waals surface area contributed by atoms with Crippen molar-refractivity contribution >= 4 is 11.8 Å². The molecule has 4 aromatic rings. The van der Waals surface area contributed by atoms with Crippen molar-refractivity contribution in [2.75, 3.05) is 41.5 Å². The van der Waals surface area contributed by atoms with Gasteiger partial charge >= 0.3 is 0 Å². The molecule has 2 heterocycles. The number of unbranched alkanes of at least 4 members (excludes halogenated alkanes) is 2. The molecule has 5 rings (SSSR count). The molecule has 1 atom stereocenters. The van der Waals surface area contributed by atoms with E-state index in [1.165, 1.54) is 5.56 Å². The first kappa shape index (κ1) is 35.3. The largest absolute Gasteiger partial charge is 0.493 e. The second kappa shape index (κ2) is 15.9. The zero-order valence-corrected chi connectivity index (χ0v) is 29.7. The molecule has 2 amide bonds. The third-order valence-electron chi connectivity index (χ3n) is 9.18. The van der Waals surface area contributed by atoms with Gasteiger partial charge in [-0.15, -0.1) is 0 Å². The SMILES string of the molecule is CCCCN(CCCC)C(=O)c1cc(OC)n(-c2ccc(-c3cc(OC)c(OC)c(OC)c3)cc2C(=O)N2Cc3ccccc3CC2C)n1. The van der Waals surface area contributed by atoms with E-state index in [0.717, 1.165) is 48.8 Å². The van der Waals surface area contributed by atoms with Crippen LogP contribution in [0.4, 0.5) is 0 Å². The summed E-state index contributed by atoms with van der Waals surface area (Å²) < 4.78 is 24.2. The number of benzene rings is 3. The van der Waals surface area contributed by atoms with E-state index < -0.39 is 0 Å². The number of hydrogen-bond donors (Lipinski definition) is 0. The average molecular weight is 669 g/mol. The summed E-state index contributed by atoms with van der Waals surface area (Å²) >= 11 is 0. The molecule has 0 N–H and O–H groups in total. The fraction of sp³-hybridized carbons (Fsp3) is 0.410. The Morgan fingerprint density at radius 3 is 2.06 bits per heavy atom.